The lowest BCUT2D eigenvalue weighted by atomic mass is 10.3. The van der Waals surface area contributed by atoms with Crippen molar-refractivity contribution in [3.8, 4) is 0 Å². The van der Waals surface area contributed by atoms with Gasteiger partial charge in [-0.15, -0.1) is 0 Å². The first-order chi connectivity index (χ1) is 8.17. The van der Waals surface area contributed by atoms with E-state index in [4.69, 9.17) is 5.73 Å². The Bertz CT molecular complexity index is 545. The van der Waals surface area contributed by atoms with Crippen molar-refractivity contribution in [1.82, 2.24) is 9.38 Å². The largest absolute Gasteiger partial charge is 0.378 e. The summed E-state index contributed by atoms with van der Waals surface area (Å²) in [4.78, 5) is 17.3. The van der Waals surface area contributed by atoms with Crippen molar-refractivity contribution in [3.05, 3.63) is 29.8 Å². The smallest absolute Gasteiger partial charge is 0.170 e. The van der Waals surface area contributed by atoms with E-state index < -0.39 is 0 Å². The van der Waals surface area contributed by atoms with Crippen LogP contribution < -0.4 is 10.6 Å². The van der Waals surface area contributed by atoms with Crippen LogP contribution in [0.2, 0.25) is 0 Å². The van der Waals surface area contributed by atoms with Crippen molar-refractivity contribution in [2.75, 3.05) is 25.5 Å². The number of imidazole rings is 1. The molecule has 5 heteroatoms. The van der Waals surface area contributed by atoms with Gasteiger partial charge in [-0.2, -0.15) is 0 Å². The standard InChI is InChI=1S/C12H16N4O/c1-15(2)9-4-6-16-11(7-9)10(8-17)14-12(16)3-5-13/h4,6-8H,3,5,13H2,1-2H3. The van der Waals surface area contributed by atoms with Gasteiger partial charge in [-0.3, -0.25) is 4.79 Å². The molecule has 2 N–H and O–H groups in total. The highest BCUT2D eigenvalue weighted by molar-refractivity contribution is 5.85. The van der Waals surface area contributed by atoms with Crippen molar-refractivity contribution in [2.24, 2.45) is 5.73 Å². The van der Waals surface area contributed by atoms with Gasteiger partial charge >= 0.3 is 0 Å². The van der Waals surface area contributed by atoms with E-state index in [9.17, 15) is 4.79 Å². The topological polar surface area (TPSA) is 63.6 Å². The lowest BCUT2D eigenvalue weighted by Gasteiger charge is -2.12. The van der Waals surface area contributed by atoms with E-state index >= 15 is 0 Å². The van der Waals surface area contributed by atoms with Crippen LogP contribution in [0.3, 0.4) is 0 Å². The summed E-state index contributed by atoms with van der Waals surface area (Å²) in [5.74, 6) is 0.829. The van der Waals surface area contributed by atoms with Gasteiger partial charge in [0.2, 0.25) is 0 Å². The van der Waals surface area contributed by atoms with Crippen LogP contribution in [0.4, 0.5) is 5.69 Å². The van der Waals surface area contributed by atoms with Gasteiger partial charge in [-0.05, 0) is 18.7 Å². The van der Waals surface area contributed by atoms with E-state index in [0.717, 1.165) is 23.3 Å². The minimum Gasteiger partial charge on any atom is -0.378 e. The molecule has 2 heterocycles. The fourth-order valence-corrected chi connectivity index (χ4v) is 1.83. The number of aromatic nitrogens is 2. The molecule has 0 bridgehead atoms. The number of aldehydes is 1. The minimum atomic E-state index is 0.470. The van der Waals surface area contributed by atoms with Gasteiger partial charge in [-0.1, -0.05) is 0 Å². The number of nitrogens with two attached hydrogens (primary N) is 1. The second kappa shape index (κ2) is 4.55. The highest BCUT2D eigenvalue weighted by Crippen LogP contribution is 2.19. The molecular formula is C12H16N4O. The van der Waals surface area contributed by atoms with Gasteiger partial charge in [0, 0.05) is 32.4 Å². The summed E-state index contributed by atoms with van der Waals surface area (Å²) in [6.45, 7) is 0.521. The van der Waals surface area contributed by atoms with E-state index in [1.54, 1.807) is 0 Å². The molecule has 0 aliphatic rings. The number of fused-ring (bicyclic) bond motifs is 1. The van der Waals surface area contributed by atoms with Crippen LogP contribution in [-0.2, 0) is 6.42 Å². The molecular weight excluding hydrogens is 216 g/mol. The Hall–Kier alpha value is -1.88. The fraction of sp³-hybridized carbons (Fsp3) is 0.333. The van der Waals surface area contributed by atoms with Crippen molar-refractivity contribution >= 4 is 17.5 Å². The Morgan fingerprint density at radius 3 is 2.88 bits per heavy atom. The van der Waals surface area contributed by atoms with E-state index in [0.29, 0.717) is 18.7 Å². The third-order valence-electron chi connectivity index (χ3n) is 2.72. The van der Waals surface area contributed by atoms with Crippen LogP contribution in [0.25, 0.3) is 5.52 Å². The van der Waals surface area contributed by atoms with E-state index in [1.807, 2.05) is 41.7 Å². The molecule has 2 rings (SSSR count). The molecule has 90 valence electrons. The first-order valence-electron chi connectivity index (χ1n) is 5.51. The molecule has 2 aromatic rings. The highest BCUT2D eigenvalue weighted by Gasteiger charge is 2.10. The first kappa shape index (κ1) is 11.6. The molecule has 2 aromatic heterocycles. The number of nitrogens with zero attached hydrogens (tertiary/aromatic N) is 3. The zero-order valence-electron chi connectivity index (χ0n) is 10.1. The van der Waals surface area contributed by atoms with Crippen LogP contribution >= 0.6 is 0 Å². The van der Waals surface area contributed by atoms with Gasteiger partial charge in [-0.25, -0.2) is 4.98 Å². The Kier molecular flexibility index (Phi) is 3.10. The van der Waals surface area contributed by atoms with Crippen LogP contribution in [0.5, 0.6) is 0 Å². The molecule has 0 saturated carbocycles. The Morgan fingerprint density at radius 2 is 2.29 bits per heavy atom. The summed E-state index contributed by atoms with van der Waals surface area (Å²) in [7, 11) is 3.92. The number of carbonyl (C=O) groups excluding carboxylic acids is 1. The summed E-state index contributed by atoms with van der Waals surface area (Å²) < 4.78 is 1.92. The molecule has 0 saturated heterocycles. The highest BCUT2D eigenvalue weighted by atomic mass is 16.1. The van der Waals surface area contributed by atoms with Gasteiger partial charge < -0.3 is 15.0 Å². The number of pyridine rings is 1. The van der Waals surface area contributed by atoms with E-state index in [1.165, 1.54) is 0 Å². The van der Waals surface area contributed by atoms with Crippen LogP contribution in [0, 0.1) is 0 Å². The quantitative estimate of drug-likeness (QED) is 0.789. The number of rotatable bonds is 4. The maximum Gasteiger partial charge on any atom is 0.170 e. The fourth-order valence-electron chi connectivity index (χ4n) is 1.83. The number of hydrogen-bond donors (Lipinski definition) is 1. The molecule has 0 aromatic carbocycles. The molecule has 0 aliphatic carbocycles. The van der Waals surface area contributed by atoms with Gasteiger partial charge in [0.1, 0.15) is 11.5 Å². The molecule has 0 spiro atoms. The first-order valence-corrected chi connectivity index (χ1v) is 5.51. The molecule has 0 fully saturated rings. The maximum atomic E-state index is 11.0. The zero-order valence-corrected chi connectivity index (χ0v) is 10.1. The Balaban J connectivity index is 2.63. The van der Waals surface area contributed by atoms with Gasteiger partial charge in [0.05, 0.1) is 5.52 Å². The number of carbonyl (C=O) groups is 1. The van der Waals surface area contributed by atoms with Crippen LogP contribution in [0.1, 0.15) is 16.3 Å². The third kappa shape index (κ3) is 2.01. The summed E-state index contributed by atoms with van der Waals surface area (Å²) in [5, 5.41) is 0. The molecule has 17 heavy (non-hydrogen) atoms. The predicted molar refractivity (Wildman–Crippen MR) is 67.7 cm³/mol. The summed E-state index contributed by atoms with van der Waals surface area (Å²) >= 11 is 0. The molecule has 0 amide bonds. The van der Waals surface area contributed by atoms with Crippen molar-refractivity contribution < 1.29 is 4.79 Å². The maximum absolute atomic E-state index is 11.0. The molecule has 0 radical (unpaired) electrons. The summed E-state index contributed by atoms with van der Waals surface area (Å²) in [5.41, 5.74) is 7.87. The molecule has 0 atom stereocenters. The monoisotopic (exact) mass is 232 g/mol. The van der Waals surface area contributed by atoms with Crippen LogP contribution in [-0.4, -0.2) is 36.3 Å². The van der Waals surface area contributed by atoms with Crippen LogP contribution in [0.15, 0.2) is 18.3 Å². The lowest BCUT2D eigenvalue weighted by Crippen LogP contribution is -2.09. The number of hydrogen-bond acceptors (Lipinski definition) is 4. The Labute approximate surface area is 99.9 Å². The minimum absolute atomic E-state index is 0.470. The second-order valence-electron chi connectivity index (χ2n) is 4.10. The zero-order chi connectivity index (χ0) is 12.4. The van der Waals surface area contributed by atoms with Gasteiger partial charge in [0.15, 0.2) is 6.29 Å². The van der Waals surface area contributed by atoms with Gasteiger partial charge in [0.25, 0.3) is 0 Å². The molecule has 5 nitrogen and oxygen atoms in total. The summed E-state index contributed by atoms with van der Waals surface area (Å²) in [6.07, 6.45) is 3.38. The van der Waals surface area contributed by atoms with Crippen molar-refractivity contribution in [2.45, 2.75) is 6.42 Å². The van der Waals surface area contributed by atoms with Crippen molar-refractivity contribution in [3.63, 3.8) is 0 Å². The average Bonchev–Trinajstić information content (AvgIpc) is 2.67. The SMILES string of the molecule is CN(C)c1ccn2c(CCN)nc(C=O)c2c1. The van der Waals surface area contributed by atoms with Crippen molar-refractivity contribution in [1.29, 1.82) is 0 Å². The van der Waals surface area contributed by atoms with E-state index in [2.05, 4.69) is 4.98 Å². The summed E-state index contributed by atoms with van der Waals surface area (Å²) in [6, 6.07) is 3.94. The third-order valence-corrected chi connectivity index (χ3v) is 2.72. The molecule has 0 aliphatic heterocycles. The predicted octanol–water partition coefficient (Wildman–Crippen LogP) is 0.714. The number of anilines is 1. The lowest BCUT2D eigenvalue weighted by molar-refractivity contribution is 0.112. The molecule has 0 unspecified atom stereocenters. The van der Waals surface area contributed by atoms with E-state index in [-0.39, 0.29) is 0 Å². The Morgan fingerprint density at radius 1 is 1.53 bits per heavy atom. The average molecular weight is 232 g/mol. The normalized spacial score (nSPS) is 10.8. The second-order valence-corrected chi connectivity index (χ2v) is 4.10.